The Morgan fingerprint density at radius 3 is 2.45 bits per heavy atom. The highest BCUT2D eigenvalue weighted by molar-refractivity contribution is 5.51. The predicted octanol–water partition coefficient (Wildman–Crippen LogP) is 4.64. The maximum atomic E-state index is 10.3. The minimum atomic E-state index is 0.563. The topological polar surface area (TPSA) is 38.7 Å². The van der Waals surface area contributed by atoms with Crippen LogP contribution in [0.3, 0.4) is 0 Å². The summed E-state index contributed by atoms with van der Waals surface area (Å²) in [5, 5.41) is 0. The molecule has 5 rings (SSSR count). The average Bonchev–Trinajstić information content (AvgIpc) is 2.46. The van der Waals surface area contributed by atoms with Gasteiger partial charge >= 0.3 is 0 Å². The molecule has 116 valence electrons. The van der Waals surface area contributed by atoms with Crippen molar-refractivity contribution >= 4 is 11.8 Å². The molecule has 1 aromatic rings. The second-order valence-electron chi connectivity index (χ2n) is 7.72. The average molecular weight is 297 g/mol. The van der Waals surface area contributed by atoms with E-state index >= 15 is 0 Å². The lowest BCUT2D eigenvalue weighted by atomic mass is 9.49. The van der Waals surface area contributed by atoms with Crippen LogP contribution < -0.4 is 4.74 Å². The van der Waals surface area contributed by atoms with Crippen LogP contribution in [-0.2, 0) is 4.79 Å². The summed E-state index contributed by atoms with van der Waals surface area (Å²) >= 11 is 0. The van der Waals surface area contributed by atoms with E-state index in [1.165, 1.54) is 44.9 Å². The summed E-state index contributed by atoms with van der Waals surface area (Å²) in [6.45, 7) is 0.778. The van der Waals surface area contributed by atoms with Crippen molar-refractivity contribution in [2.75, 3.05) is 6.61 Å². The zero-order valence-electron chi connectivity index (χ0n) is 13.0. The molecule has 4 fully saturated rings. The van der Waals surface area contributed by atoms with E-state index in [1.807, 2.05) is 18.2 Å². The van der Waals surface area contributed by atoms with Gasteiger partial charge < -0.3 is 4.74 Å². The first-order valence-electron chi connectivity index (χ1n) is 8.55. The van der Waals surface area contributed by atoms with Crippen LogP contribution in [0, 0.1) is 23.2 Å². The van der Waals surface area contributed by atoms with Crippen molar-refractivity contribution in [3.63, 3.8) is 0 Å². The van der Waals surface area contributed by atoms with E-state index in [2.05, 4.69) is 4.99 Å². The highest BCUT2D eigenvalue weighted by atomic mass is 16.5. The minimum Gasteiger partial charge on any atom is -0.493 e. The van der Waals surface area contributed by atoms with E-state index in [9.17, 15) is 4.79 Å². The van der Waals surface area contributed by atoms with Gasteiger partial charge in [-0.1, -0.05) is 6.07 Å². The smallest absolute Gasteiger partial charge is 0.240 e. The summed E-state index contributed by atoms with van der Waals surface area (Å²) in [5.41, 5.74) is 1.18. The molecule has 4 bridgehead atoms. The zero-order valence-corrected chi connectivity index (χ0v) is 13.0. The molecule has 0 heterocycles. The predicted molar refractivity (Wildman–Crippen MR) is 84.9 cm³/mol. The summed E-state index contributed by atoms with van der Waals surface area (Å²) in [4.78, 5) is 14.0. The van der Waals surface area contributed by atoms with Crippen LogP contribution in [0.2, 0.25) is 0 Å². The Morgan fingerprint density at radius 2 is 1.82 bits per heavy atom. The molecule has 22 heavy (non-hydrogen) atoms. The highest BCUT2D eigenvalue weighted by Crippen LogP contribution is 2.61. The molecule has 1 aromatic carbocycles. The van der Waals surface area contributed by atoms with Crippen molar-refractivity contribution < 1.29 is 9.53 Å². The van der Waals surface area contributed by atoms with Crippen LogP contribution in [0.4, 0.5) is 5.69 Å². The van der Waals surface area contributed by atoms with Gasteiger partial charge in [-0.3, -0.25) is 0 Å². The van der Waals surface area contributed by atoms with Gasteiger partial charge in [0.15, 0.2) is 0 Å². The van der Waals surface area contributed by atoms with Crippen molar-refractivity contribution in [1.29, 1.82) is 0 Å². The Kier molecular flexibility index (Phi) is 3.54. The second kappa shape index (κ2) is 5.55. The maximum Gasteiger partial charge on any atom is 0.240 e. The summed E-state index contributed by atoms with van der Waals surface area (Å²) < 4.78 is 5.94. The molecule has 0 aliphatic heterocycles. The Morgan fingerprint density at radius 1 is 1.14 bits per heavy atom. The number of hydrogen-bond donors (Lipinski definition) is 0. The third-order valence-electron chi connectivity index (χ3n) is 6.06. The van der Waals surface area contributed by atoms with Gasteiger partial charge in [0.2, 0.25) is 6.08 Å². The molecular weight excluding hydrogens is 274 g/mol. The number of carbonyl (C=O) groups excluding carboxylic acids is 1. The number of rotatable bonds is 5. The largest absolute Gasteiger partial charge is 0.493 e. The molecule has 0 spiro atoms. The van der Waals surface area contributed by atoms with E-state index in [0.717, 1.165) is 30.1 Å². The molecule has 0 atom stereocenters. The van der Waals surface area contributed by atoms with Crippen LogP contribution >= 0.6 is 0 Å². The van der Waals surface area contributed by atoms with E-state index in [-0.39, 0.29) is 0 Å². The minimum absolute atomic E-state index is 0.563. The fraction of sp³-hybridized carbons (Fsp3) is 0.632. The number of ether oxygens (including phenoxy) is 1. The number of hydrogen-bond acceptors (Lipinski definition) is 3. The van der Waals surface area contributed by atoms with Crippen molar-refractivity contribution in [2.24, 2.45) is 28.2 Å². The first-order valence-corrected chi connectivity index (χ1v) is 8.55. The van der Waals surface area contributed by atoms with Crippen LogP contribution in [0.1, 0.15) is 44.9 Å². The lowest BCUT2D eigenvalue weighted by molar-refractivity contribution is -0.0622. The summed E-state index contributed by atoms with van der Waals surface area (Å²) in [5.74, 6) is 3.80. The number of aliphatic imine (C=N–C) groups is 1. The monoisotopic (exact) mass is 297 g/mol. The second-order valence-corrected chi connectivity index (χ2v) is 7.72. The molecule has 0 radical (unpaired) electrons. The van der Waals surface area contributed by atoms with Crippen LogP contribution in [0.15, 0.2) is 29.3 Å². The molecule has 4 aliphatic carbocycles. The van der Waals surface area contributed by atoms with Gasteiger partial charge in [0, 0.05) is 6.07 Å². The third kappa shape index (κ3) is 2.70. The Balaban J connectivity index is 1.37. The fourth-order valence-electron chi connectivity index (χ4n) is 5.68. The van der Waals surface area contributed by atoms with Gasteiger partial charge in [0.25, 0.3) is 0 Å². The Labute approximate surface area is 131 Å². The normalized spacial score (nSPS) is 35.2. The first-order chi connectivity index (χ1) is 10.7. The molecule has 4 aliphatic rings. The number of benzene rings is 1. The number of nitrogens with zero attached hydrogens (tertiary/aromatic N) is 1. The quantitative estimate of drug-likeness (QED) is 0.586. The molecule has 3 nitrogen and oxygen atoms in total. The SMILES string of the molecule is O=C=Nc1cccc(OCCC23CC4CC(CC(C4)C2)C3)c1. The van der Waals surface area contributed by atoms with E-state index in [4.69, 9.17) is 4.74 Å². The van der Waals surface area contributed by atoms with Gasteiger partial charge in [-0.05, 0) is 80.2 Å². The maximum absolute atomic E-state index is 10.3. The molecule has 0 unspecified atom stereocenters. The Hall–Kier alpha value is -1.60. The van der Waals surface area contributed by atoms with Crippen molar-refractivity contribution in [3.8, 4) is 5.75 Å². The number of isocyanates is 1. The van der Waals surface area contributed by atoms with Gasteiger partial charge in [-0.25, -0.2) is 4.79 Å². The zero-order chi connectivity index (χ0) is 15.0. The fourth-order valence-corrected chi connectivity index (χ4v) is 5.68. The van der Waals surface area contributed by atoms with Gasteiger partial charge in [-0.15, -0.1) is 0 Å². The van der Waals surface area contributed by atoms with Gasteiger partial charge in [0.1, 0.15) is 5.75 Å². The molecule has 0 N–H and O–H groups in total. The molecule has 0 aromatic heterocycles. The Bertz CT molecular complexity index is 568. The molecule has 0 saturated heterocycles. The standard InChI is InChI=1S/C19H23NO2/c21-13-20-17-2-1-3-18(9-17)22-5-4-19-10-14-6-15(11-19)8-16(7-14)12-19/h1-3,9,14-16H,4-8,10-12H2. The lowest BCUT2D eigenvalue weighted by Crippen LogP contribution is -2.46. The van der Waals surface area contributed by atoms with Gasteiger partial charge in [0.05, 0.1) is 12.3 Å². The molecular formula is C19H23NO2. The third-order valence-corrected chi connectivity index (χ3v) is 6.06. The lowest BCUT2D eigenvalue weighted by Gasteiger charge is -2.57. The molecule has 3 heteroatoms. The van der Waals surface area contributed by atoms with Crippen molar-refractivity contribution in [3.05, 3.63) is 24.3 Å². The van der Waals surface area contributed by atoms with E-state index in [0.29, 0.717) is 11.1 Å². The highest BCUT2D eigenvalue weighted by Gasteiger charge is 2.50. The van der Waals surface area contributed by atoms with Crippen LogP contribution in [0.25, 0.3) is 0 Å². The summed E-state index contributed by atoms with van der Waals surface area (Å²) in [6, 6.07) is 7.40. The summed E-state index contributed by atoms with van der Waals surface area (Å²) in [7, 11) is 0. The first kappa shape index (κ1) is 14.0. The van der Waals surface area contributed by atoms with Crippen molar-refractivity contribution in [2.45, 2.75) is 44.9 Å². The van der Waals surface area contributed by atoms with Crippen LogP contribution in [0.5, 0.6) is 5.75 Å². The van der Waals surface area contributed by atoms with Gasteiger partial charge in [-0.2, -0.15) is 4.99 Å². The molecule has 0 amide bonds. The van der Waals surface area contributed by atoms with Crippen molar-refractivity contribution in [1.82, 2.24) is 0 Å². The van der Waals surface area contributed by atoms with E-state index in [1.54, 1.807) is 12.1 Å². The van der Waals surface area contributed by atoms with Crippen LogP contribution in [-0.4, -0.2) is 12.7 Å². The summed E-state index contributed by atoms with van der Waals surface area (Å²) in [6.07, 6.45) is 11.5. The molecule has 4 saturated carbocycles. The van der Waals surface area contributed by atoms with E-state index < -0.39 is 0 Å².